The zero-order chi connectivity index (χ0) is 23.4. The average molecular weight is 446 g/mol. The highest BCUT2D eigenvalue weighted by molar-refractivity contribution is 5.98. The van der Waals surface area contributed by atoms with E-state index >= 15 is 0 Å². The van der Waals surface area contributed by atoms with E-state index in [0.29, 0.717) is 31.0 Å². The smallest absolute Gasteiger partial charge is 0.256 e. The molecule has 0 aliphatic carbocycles. The molecule has 170 valence electrons. The highest BCUT2D eigenvalue weighted by Gasteiger charge is 2.36. The third-order valence-electron chi connectivity index (χ3n) is 5.95. The summed E-state index contributed by atoms with van der Waals surface area (Å²) in [4.78, 5) is 33.8. The molecule has 1 unspecified atom stereocenters. The Morgan fingerprint density at radius 2 is 1.79 bits per heavy atom. The lowest BCUT2D eigenvalue weighted by Crippen LogP contribution is -2.58. The van der Waals surface area contributed by atoms with Crippen molar-refractivity contribution in [2.75, 3.05) is 34.4 Å². The molecule has 4 rings (SSSR count). The average Bonchev–Trinajstić information content (AvgIpc) is 2.87. The van der Waals surface area contributed by atoms with E-state index < -0.39 is 6.04 Å². The molecule has 1 atom stereocenters. The van der Waals surface area contributed by atoms with Crippen molar-refractivity contribution in [2.24, 2.45) is 0 Å². The summed E-state index contributed by atoms with van der Waals surface area (Å²) in [6.45, 7) is 0.965. The molecular formula is C26H27N3O4. The van der Waals surface area contributed by atoms with Crippen LogP contribution in [0.3, 0.4) is 0 Å². The molecule has 2 heterocycles. The number of rotatable bonds is 6. The molecule has 7 nitrogen and oxygen atoms in total. The minimum atomic E-state index is -0.579. The second-order valence-corrected chi connectivity index (χ2v) is 8.00. The van der Waals surface area contributed by atoms with E-state index in [4.69, 9.17) is 9.47 Å². The number of ether oxygens (including phenoxy) is 2. The first-order valence-electron chi connectivity index (χ1n) is 10.8. The number of piperazine rings is 1. The molecule has 2 amide bonds. The molecule has 0 saturated carbocycles. The lowest BCUT2D eigenvalue weighted by molar-refractivity contribution is -0.138. The summed E-state index contributed by atoms with van der Waals surface area (Å²) >= 11 is 0. The van der Waals surface area contributed by atoms with Crippen LogP contribution >= 0.6 is 0 Å². The van der Waals surface area contributed by atoms with Gasteiger partial charge in [-0.2, -0.15) is 0 Å². The molecule has 2 aromatic carbocycles. The van der Waals surface area contributed by atoms with Crippen LogP contribution in [0.15, 0.2) is 66.9 Å². The number of pyridine rings is 1. The summed E-state index contributed by atoms with van der Waals surface area (Å²) in [6, 6.07) is 18.7. The highest BCUT2D eigenvalue weighted by atomic mass is 16.5. The Balaban J connectivity index is 1.59. The lowest BCUT2D eigenvalue weighted by atomic mass is 9.97. The van der Waals surface area contributed by atoms with Crippen molar-refractivity contribution < 1.29 is 19.1 Å². The van der Waals surface area contributed by atoms with Crippen molar-refractivity contribution >= 4 is 11.8 Å². The van der Waals surface area contributed by atoms with Gasteiger partial charge in [0.15, 0.2) is 0 Å². The van der Waals surface area contributed by atoms with E-state index in [0.717, 1.165) is 22.4 Å². The van der Waals surface area contributed by atoms with Crippen molar-refractivity contribution in [1.82, 2.24) is 14.8 Å². The zero-order valence-corrected chi connectivity index (χ0v) is 19.0. The maximum atomic E-state index is 13.3. The summed E-state index contributed by atoms with van der Waals surface area (Å²) in [5.74, 6) is 0.967. The van der Waals surface area contributed by atoms with E-state index in [1.54, 1.807) is 36.1 Å². The van der Waals surface area contributed by atoms with Gasteiger partial charge in [0.25, 0.3) is 5.91 Å². The predicted octanol–water partition coefficient (Wildman–Crippen LogP) is 3.29. The highest BCUT2D eigenvalue weighted by Crippen LogP contribution is 2.25. The van der Waals surface area contributed by atoms with Crippen LogP contribution in [-0.2, 0) is 11.2 Å². The second-order valence-electron chi connectivity index (χ2n) is 8.00. The van der Waals surface area contributed by atoms with Crippen LogP contribution in [0.25, 0.3) is 11.1 Å². The topological polar surface area (TPSA) is 72.0 Å². The lowest BCUT2D eigenvalue weighted by Gasteiger charge is -2.39. The number of nitrogens with zero attached hydrogens (tertiary/aromatic N) is 3. The number of benzene rings is 2. The number of methoxy groups -OCH3 is 2. The Labute approximate surface area is 193 Å². The minimum Gasteiger partial charge on any atom is -0.497 e. The van der Waals surface area contributed by atoms with Crippen molar-refractivity contribution in [3.8, 4) is 22.8 Å². The number of likely N-dealkylation sites (N-methyl/N-ethyl adjacent to an activating group) is 1. The van der Waals surface area contributed by atoms with Crippen LogP contribution < -0.4 is 9.47 Å². The molecule has 3 aromatic rings. The molecule has 33 heavy (non-hydrogen) atoms. The maximum absolute atomic E-state index is 13.3. The molecule has 0 bridgehead atoms. The third-order valence-corrected chi connectivity index (χ3v) is 5.95. The Kier molecular flexibility index (Phi) is 6.58. The molecular weight excluding hydrogens is 418 g/mol. The third kappa shape index (κ3) is 4.82. The molecule has 7 heteroatoms. The van der Waals surface area contributed by atoms with Gasteiger partial charge in [-0.15, -0.1) is 0 Å². The molecule has 1 fully saturated rings. The van der Waals surface area contributed by atoms with Gasteiger partial charge in [-0.3, -0.25) is 9.59 Å². The fraction of sp³-hybridized carbons (Fsp3) is 0.269. The molecule has 1 aromatic heterocycles. The van der Waals surface area contributed by atoms with Gasteiger partial charge < -0.3 is 19.3 Å². The Hall–Kier alpha value is -3.87. The van der Waals surface area contributed by atoms with Crippen LogP contribution in [0.1, 0.15) is 15.9 Å². The number of carbonyl (C=O) groups is 2. The van der Waals surface area contributed by atoms with E-state index in [1.165, 1.54) is 13.3 Å². The normalized spacial score (nSPS) is 16.0. The first-order valence-corrected chi connectivity index (χ1v) is 10.8. The van der Waals surface area contributed by atoms with Crippen molar-refractivity contribution in [2.45, 2.75) is 12.5 Å². The Morgan fingerprint density at radius 3 is 2.45 bits per heavy atom. The molecule has 1 saturated heterocycles. The van der Waals surface area contributed by atoms with Gasteiger partial charge in [0.2, 0.25) is 11.8 Å². The van der Waals surface area contributed by atoms with Gasteiger partial charge in [0, 0.05) is 38.8 Å². The van der Waals surface area contributed by atoms with Crippen molar-refractivity contribution in [1.29, 1.82) is 0 Å². The Bertz CT molecular complexity index is 1130. The number of hydrogen-bond acceptors (Lipinski definition) is 5. The Morgan fingerprint density at radius 1 is 1.00 bits per heavy atom. The van der Waals surface area contributed by atoms with Crippen molar-refractivity contribution in [3.63, 3.8) is 0 Å². The fourth-order valence-electron chi connectivity index (χ4n) is 4.03. The van der Waals surface area contributed by atoms with E-state index in [2.05, 4.69) is 11.1 Å². The molecule has 0 radical (unpaired) electrons. The van der Waals surface area contributed by atoms with Crippen LogP contribution in [0.5, 0.6) is 11.6 Å². The van der Waals surface area contributed by atoms with Gasteiger partial charge in [0.1, 0.15) is 11.8 Å². The number of aromatic nitrogens is 1. The zero-order valence-electron chi connectivity index (χ0n) is 19.0. The standard InChI is InChI=1S/C26H27N3O4/c1-28-13-14-29(25(30)21-9-12-24(33-3)27-17-21)23(26(28)31)16-18-5-4-6-20(15-18)19-7-10-22(32-2)11-8-19/h4-12,15,17,23H,13-14,16H2,1-3H3. The summed E-state index contributed by atoms with van der Waals surface area (Å²) in [6.07, 6.45) is 1.92. The molecule has 0 N–H and O–H groups in total. The van der Waals surface area contributed by atoms with Crippen LogP contribution in [0, 0.1) is 0 Å². The van der Waals surface area contributed by atoms with E-state index in [9.17, 15) is 9.59 Å². The summed E-state index contributed by atoms with van der Waals surface area (Å²) < 4.78 is 10.3. The predicted molar refractivity (Wildman–Crippen MR) is 125 cm³/mol. The summed E-state index contributed by atoms with van der Waals surface area (Å²) in [7, 11) is 4.95. The molecule has 1 aliphatic heterocycles. The summed E-state index contributed by atoms with van der Waals surface area (Å²) in [5.41, 5.74) is 3.53. The van der Waals surface area contributed by atoms with Gasteiger partial charge in [-0.05, 0) is 34.9 Å². The number of amides is 2. The van der Waals surface area contributed by atoms with Crippen LogP contribution in [0.4, 0.5) is 0 Å². The second kappa shape index (κ2) is 9.73. The van der Waals surface area contributed by atoms with Crippen LogP contribution in [-0.4, -0.2) is 67.0 Å². The first-order chi connectivity index (χ1) is 16.0. The maximum Gasteiger partial charge on any atom is 0.256 e. The first kappa shape index (κ1) is 22.3. The summed E-state index contributed by atoms with van der Waals surface area (Å²) in [5, 5.41) is 0. The van der Waals surface area contributed by atoms with Gasteiger partial charge in [0.05, 0.1) is 19.8 Å². The quantitative estimate of drug-likeness (QED) is 0.582. The minimum absolute atomic E-state index is 0.0640. The number of carbonyl (C=O) groups excluding carboxylic acids is 2. The SMILES string of the molecule is COc1ccc(-c2cccc(CC3C(=O)N(C)CCN3C(=O)c3ccc(OC)nc3)c2)cc1. The number of hydrogen-bond donors (Lipinski definition) is 0. The van der Waals surface area contributed by atoms with E-state index in [-0.39, 0.29) is 11.8 Å². The largest absolute Gasteiger partial charge is 0.497 e. The van der Waals surface area contributed by atoms with Gasteiger partial charge >= 0.3 is 0 Å². The fourth-order valence-corrected chi connectivity index (χ4v) is 4.03. The molecule has 1 aliphatic rings. The monoisotopic (exact) mass is 445 g/mol. The van der Waals surface area contributed by atoms with Crippen molar-refractivity contribution in [3.05, 3.63) is 78.0 Å². The molecule has 0 spiro atoms. The van der Waals surface area contributed by atoms with E-state index in [1.807, 2.05) is 42.5 Å². The van der Waals surface area contributed by atoms with Crippen LogP contribution in [0.2, 0.25) is 0 Å². The van der Waals surface area contributed by atoms with Gasteiger partial charge in [-0.1, -0.05) is 36.4 Å². The van der Waals surface area contributed by atoms with Gasteiger partial charge in [-0.25, -0.2) is 4.98 Å².